The lowest BCUT2D eigenvalue weighted by molar-refractivity contribution is 0.130. The number of rotatable bonds is 6. The number of nitrogens with one attached hydrogen (secondary N) is 1. The zero-order valence-electron chi connectivity index (χ0n) is 8.80. The van der Waals surface area contributed by atoms with Crippen molar-refractivity contribution in [3.8, 4) is 0 Å². The smallest absolute Gasteiger partial charge is 0.202 e. The summed E-state index contributed by atoms with van der Waals surface area (Å²) in [6, 6.07) is 10.1. The van der Waals surface area contributed by atoms with Crippen LogP contribution in [0.1, 0.15) is 5.56 Å². The number of hydrogen-bond donors (Lipinski definition) is 1. The zero-order chi connectivity index (χ0) is 11.1. The zero-order valence-corrected chi connectivity index (χ0v) is 9.61. The first-order valence-electron chi connectivity index (χ1n) is 5.07. The lowest BCUT2D eigenvalue weighted by Gasteiger charge is -2.04. The molecule has 0 atom stereocenters. The van der Waals surface area contributed by atoms with Gasteiger partial charge >= 0.3 is 0 Å². The summed E-state index contributed by atoms with van der Waals surface area (Å²) in [6.45, 7) is 2.06. The Hall–Kier alpha value is -1.46. The van der Waals surface area contributed by atoms with Crippen molar-refractivity contribution in [3.63, 3.8) is 0 Å². The van der Waals surface area contributed by atoms with Gasteiger partial charge in [-0.05, 0) is 5.56 Å². The molecule has 1 heterocycles. The maximum absolute atomic E-state index is 5.51. The van der Waals surface area contributed by atoms with E-state index in [0.717, 1.165) is 11.7 Å². The first-order valence-corrected chi connectivity index (χ1v) is 5.85. The molecule has 0 bridgehead atoms. The van der Waals surface area contributed by atoms with Gasteiger partial charge in [0.15, 0.2) is 0 Å². The van der Waals surface area contributed by atoms with Crippen LogP contribution in [0.3, 0.4) is 0 Å². The van der Waals surface area contributed by atoms with E-state index < -0.39 is 0 Å². The molecule has 5 heteroatoms. The van der Waals surface area contributed by atoms with Crippen LogP contribution in [0.25, 0.3) is 0 Å². The van der Waals surface area contributed by atoms with Crippen LogP contribution in [-0.4, -0.2) is 22.5 Å². The van der Waals surface area contributed by atoms with Crippen LogP contribution in [0.5, 0.6) is 0 Å². The highest BCUT2D eigenvalue weighted by atomic mass is 32.1. The summed E-state index contributed by atoms with van der Waals surface area (Å²) < 4.78 is 9.41. The number of benzene rings is 1. The number of ether oxygens (including phenoxy) is 1. The highest BCUT2D eigenvalue weighted by Crippen LogP contribution is 2.05. The molecule has 0 aliphatic carbocycles. The molecule has 1 aromatic heterocycles. The van der Waals surface area contributed by atoms with Gasteiger partial charge in [-0.3, -0.25) is 0 Å². The Morgan fingerprint density at radius 1 is 1.25 bits per heavy atom. The van der Waals surface area contributed by atoms with Crippen LogP contribution >= 0.6 is 11.5 Å². The summed E-state index contributed by atoms with van der Waals surface area (Å²) in [5.41, 5.74) is 1.19. The maximum Gasteiger partial charge on any atom is 0.202 e. The maximum atomic E-state index is 5.51. The Morgan fingerprint density at radius 3 is 2.88 bits per heavy atom. The molecule has 2 rings (SSSR count). The second kappa shape index (κ2) is 6.19. The van der Waals surface area contributed by atoms with Gasteiger partial charge in [0.05, 0.1) is 13.2 Å². The Kier molecular flexibility index (Phi) is 4.27. The molecule has 1 aromatic carbocycles. The van der Waals surface area contributed by atoms with Gasteiger partial charge in [0, 0.05) is 18.1 Å². The topological polar surface area (TPSA) is 47.0 Å². The van der Waals surface area contributed by atoms with E-state index >= 15 is 0 Å². The van der Waals surface area contributed by atoms with Gasteiger partial charge in [0.2, 0.25) is 5.13 Å². The van der Waals surface area contributed by atoms with Gasteiger partial charge in [0.25, 0.3) is 0 Å². The molecular formula is C11H13N3OS. The minimum Gasteiger partial charge on any atom is -0.375 e. The predicted octanol–water partition coefficient (Wildman–Crippen LogP) is 2.17. The van der Waals surface area contributed by atoms with E-state index in [1.807, 2.05) is 18.2 Å². The van der Waals surface area contributed by atoms with Crippen LogP contribution in [0.4, 0.5) is 5.13 Å². The highest BCUT2D eigenvalue weighted by molar-refractivity contribution is 7.09. The van der Waals surface area contributed by atoms with Crippen molar-refractivity contribution in [1.82, 2.24) is 9.36 Å². The Morgan fingerprint density at radius 2 is 2.12 bits per heavy atom. The third-order valence-corrected chi connectivity index (χ3v) is 2.62. The molecule has 0 amide bonds. The normalized spacial score (nSPS) is 10.2. The summed E-state index contributed by atoms with van der Waals surface area (Å²) in [5, 5.41) is 3.97. The molecule has 0 saturated heterocycles. The van der Waals surface area contributed by atoms with Crippen molar-refractivity contribution in [2.24, 2.45) is 0 Å². The highest BCUT2D eigenvalue weighted by Gasteiger charge is 1.95. The third-order valence-electron chi connectivity index (χ3n) is 2.00. The van der Waals surface area contributed by atoms with Crippen molar-refractivity contribution >= 4 is 16.7 Å². The van der Waals surface area contributed by atoms with E-state index in [1.165, 1.54) is 23.4 Å². The summed E-state index contributed by atoms with van der Waals surface area (Å²) in [7, 11) is 0. The summed E-state index contributed by atoms with van der Waals surface area (Å²) >= 11 is 1.35. The first kappa shape index (κ1) is 11.0. The standard InChI is InChI=1S/C11H13N3OS/c1-2-4-10(5-3-1)8-15-7-6-12-11-13-9-14-16-11/h1-5,9H,6-8H2,(H,12,13,14). The van der Waals surface area contributed by atoms with Crippen LogP contribution in [0, 0.1) is 0 Å². The molecule has 16 heavy (non-hydrogen) atoms. The van der Waals surface area contributed by atoms with Crippen LogP contribution in [0.2, 0.25) is 0 Å². The van der Waals surface area contributed by atoms with Gasteiger partial charge < -0.3 is 10.1 Å². The number of nitrogens with zero attached hydrogens (tertiary/aromatic N) is 2. The summed E-state index contributed by atoms with van der Waals surface area (Å²) in [4.78, 5) is 4.01. The first-order chi connectivity index (χ1) is 7.95. The monoisotopic (exact) mass is 235 g/mol. The molecule has 0 saturated carbocycles. The summed E-state index contributed by atoms with van der Waals surface area (Å²) in [6.07, 6.45) is 1.54. The molecule has 0 radical (unpaired) electrons. The molecule has 84 valence electrons. The van der Waals surface area contributed by atoms with E-state index in [2.05, 4.69) is 26.8 Å². The average molecular weight is 235 g/mol. The van der Waals surface area contributed by atoms with Crippen molar-refractivity contribution < 1.29 is 4.74 Å². The fourth-order valence-electron chi connectivity index (χ4n) is 1.25. The van der Waals surface area contributed by atoms with Gasteiger partial charge in [-0.1, -0.05) is 30.3 Å². The Balaban J connectivity index is 1.59. The van der Waals surface area contributed by atoms with Gasteiger partial charge in [-0.2, -0.15) is 4.37 Å². The molecular weight excluding hydrogens is 222 g/mol. The van der Waals surface area contributed by atoms with E-state index in [1.54, 1.807) is 0 Å². The Labute approximate surface area is 98.5 Å². The van der Waals surface area contributed by atoms with Crippen molar-refractivity contribution in [2.45, 2.75) is 6.61 Å². The van der Waals surface area contributed by atoms with E-state index in [4.69, 9.17) is 4.74 Å². The molecule has 0 aliphatic rings. The van der Waals surface area contributed by atoms with Gasteiger partial charge in [-0.15, -0.1) is 0 Å². The van der Waals surface area contributed by atoms with Gasteiger partial charge in [0.1, 0.15) is 6.33 Å². The van der Waals surface area contributed by atoms with Crippen LogP contribution in [0.15, 0.2) is 36.7 Å². The lowest BCUT2D eigenvalue weighted by atomic mass is 10.2. The Bertz CT molecular complexity index is 391. The predicted molar refractivity (Wildman–Crippen MR) is 64.5 cm³/mol. The van der Waals surface area contributed by atoms with Crippen molar-refractivity contribution in [3.05, 3.63) is 42.2 Å². The van der Waals surface area contributed by atoms with E-state index in [-0.39, 0.29) is 0 Å². The molecule has 0 fully saturated rings. The van der Waals surface area contributed by atoms with Crippen LogP contribution < -0.4 is 5.32 Å². The molecule has 1 N–H and O–H groups in total. The number of aromatic nitrogens is 2. The number of anilines is 1. The van der Waals surface area contributed by atoms with Gasteiger partial charge in [-0.25, -0.2) is 4.98 Å². The van der Waals surface area contributed by atoms with Crippen molar-refractivity contribution in [2.75, 3.05) is 18.5 Å². The molecule has 0 spiro atoms. The number of hydrogen-bond acceptors (Lipinski definition) is 5. The fourth-order valence-corrected chi connectivity index (χ4v) is 1.70. The fraction of sp³-hybridized carbons (Fsp3) is 0.273. The van der Waals surface area contributed by atoms with E-state index in [9.17, 15) is 0 Å². The lowest BCUT2D eigenvalue weighted by Crippen LogP contribution is -2.08. The third kappa shape index (κ3) is 3.60. The largest absolute Gasteiger partial charge is 0.375 e. The summed E-state index contributed by atoms with van der Waals surface area (Å²) in [5.74, 6) is 0. The quantitative estimate of drug-likeness (QED) is 0.779. The second-order valence-electron chi connectivity index (χ2n) is 3.21. The minimum absolute atomic E-state index is 0.651. The van der Waals surface area contributed by atoms with Crippen LogP contribution in [-0.2, 0) is 11.3 Å². The molecule has 0 aliphatic heterocycles. The SMILES string of the molecule is c1ccc(COCCNc2ncns2)cc1. The van der Waals surface area contributed by atoms with Crippen molar-refractivity contribution in [1.29, 1.82) is 0 Å². The second-order valence-corrected chi connectivity index (χ2v) is 3.99. The molecule has 2 aromatic rings. The average Bonchev–Trinajstić information content (AvgIpc) is 2.83. The molecule has 0 unspecified atom stereocenters. The van der Waals surface area contributed by atoms with E-state index in [0.29, 0.717) is 13.2 Å². The molecule has 4 nitrogen and oxygen atoms in total. The minimum atomic E-state index is 0.651.